The van der Waals surface area contributed by atoms with Gasteiger partial charge in [0.2, 0.25) is 11.8 Å². The van der Waals surface area contributed by atoms with Gasteiger partial charge in [-0.2, -0.15) is 0 Å². The maximum Gasteiger partial charge on any atom is 0.408 e. The quantitative estimate of drug-likeness (QED) is 0.194. The molecule has 6 N–H and O–H groups in total. The summed E-state index contributed by atoms with van der Waals surface area (Å²) in [5, 5.41) is 5.64. The second-order valence-electron chi connectivity index (χ2n) is 8.94. The summed E-state index contributed by atoms with van der Waals surface area (Å²) in [4.78, 5) is 44.6. The van der Waals surface area contributed by atoms with Gasteiger partial charge >= 0.3 is 6.09 Å². The van der Waals surface area contributed by atoms with Crippen LogP contribution in [-0.2, 0) is 27.4 Å². The van der Waals surface area contributed by atoms with Gasteiger partial charge in [0.25, 0.3) is 0 Å². The van der Waals surface area contributed by atoms with E-state index < -0.39 is 18.2 Å². The number of amides is 3. The van der Waals surface area contributed by atoms with Crippen LogP contribution in [0.3, 0.4) is 0 Å². The summed E-state index contributed by atoms with van der Waals surface area (Å²) >= 11 is 0. The summed E-state index contributed by atoms with van der Waals surface area (Å²) in [6.45, 7) is 1.51. The smallest absolute Gasteiger partial charge is 0.408 e. The Kier molecular flexibility index (Phi) is 10.8. The van der Waals surface area contributed by atoms with Crippen LogP contribution in [0.25, 0.3) is 0 Å². The molecule has 0 radical (unpaired) electrons. The number of carbonyl (C=O) groups is 3. The van der Waals surface area contributed by atoms with Crippen LogP contribution in [0.15, 0.2) is 65.7 Å². The van der Waals surface area contributed by atoms with Gasteiger partial charge in [-0.25, -0.2) is 4.79 Å². The molecule has 0 aliphatic carbocycles. The van der Waals surface area contributed by atoms with Crippen LogP contribution in [0, 0.1) is 0 Å². The minimum absolute atomic E-state index is 0.0479. The molecule has 1 aliphatic heterocycles. The zero-order chi connectivity index (χ0) is 26.5. The highest BCUT2D eigenvalue weighted by Crippen LogP contribution is 2.20. The van der Waals surface area contributed by atoms with Gasteiger partial charge in [-0.1, -0.05) is 60.7 Å². The van der Waals surface area contributed by atoms with Crippen LogP contribution in [0.4, 0.5) is 4.79 Å². The number of benzene rings is 2. The van der Waals surface area contributed by atoms with E-state index in [-0.39, 0.29) is 30.8 Å². The molecule has 0 bridgehead atoms. The van der Waals surface area contributed by atoms with E-state index in [9.17, 15) is 14.4 Å². The fourth-order valence-corrected chi connectivity index (χ4v) is 4.23. The zero-order valence-electron chi connectivity index (χ0n) is 21.0. The fraction of sp³-hybridized carbons (Fsp3) is 0.407. The number of alkyl carbamates (subject to hydrolysis) is 1. The van der Waals surface area contributed by atoms with E-state index >= 15 is 0 Å². The number of unbranched alkanes of at least 4 members (excludes halogenated alkanes) is 1. The van der Waals surface area contributed by atoms with Gasteiger partial charge in [-0.15, -0.1) is 0 Å². The largest absolute Gasteiger partial charge is 0.445 e. The van der Waals surface area contributed by atoms with Gasteiger partial charge in [0.1, 0.15) is 18.7 Å². The molecule has 3 rings (SSSR count). The van der Waals surface area contributed by atoms with Crippen LogP contribution in [-0.4, -0.2) is 60.5 Å². The second-order valence-corrected chi connectivity index (χ2v) is 8.94. The third kappa shape index (κ3) is 9.14. The van der Waals surface area contributed by atoms with Gasteiger partial charge in [-0.05, 0) is 36.8 Å². The third-order valence-electron chi connectivity index (χ3n) is 6.10. The van der Waals surface area contributed by atoms with E-state index in [1.165, 1.54) is 0 Å². The van der Waals surface area contributed by atoms with Crippen molar-refractivity contribution < 1.29 is 19.1 Å². The Morgan fingerprint density at radius 3 is 2.35 bits per heavy atom. The normalized spacial score (nSPS) is 15.5. The van der Waals surface area contributed by atoms with Crippen molar-refractivity contribution in [1.29, 1.82) is 0 Å². The highest BCUT2D eigenvalue weighted by molar-refractivity contribution is 5.92. The first-order valence-electron chi connectivity index (χ1n) is 12.6. The number of aliphatic imine (C=N–C) groups is 1. The van der Waals surface area contributed by atoms with Crippen LogP contribution in [0.5, 0.6) is 0 Å². The highest BCUT2D eigenvalue weighted by Gasteiger charge is 2.37. The van der Waals surface area contributed by atoms with Crippen molar-refractivity contribution >= 4 is 23.9 Å². The molecule has 198 valence electrons. The van der Waals surface area contributed by atoms with Gasteiger partial charge in [0, 0.05) is 26.1 Å². The summed E-state index contributed by atoms with van der Waals surface area (Å²) in [5.74, 6) is -0.449. The molecule has 37 heavy (non-hydrogen) atoms. The predicted octanol–water partition coefficient (Wildman–Crippen LogP) is 1.68. The monoisotopic (exact) mass is 508 g/mol. The topological polar surface area (TPSA) is 152 Å². The minimum atomic E-state index is -0.862. The summed E-state index contributed by atoms with van der Waals surface area (Å²) in [6, 6.07) is 17.3. The molecule has 0 unspecified atom stereocenters. The van der Waals surface area contributed by atoms with E-state index in [1.54, 1.807) is 4.90 Å². The van der Waals surface area contributed by atoms with E-state index in [0.717, 1.165) is 17.5 Å². The van der Waals surface area contributed by atoms with Crippen molar-refractivity contribution in [3.05, 3.63) is 71.8 Å². The molecule has 10 heteroatoms. The summed E-state index contributed by atoms with van der Waals surface area (Å²) in [7, 11) is 0. The van der Waals surface area contributed by atoms with Gasteiger partial charge < -0.3 is 31.7 Å². The van der Waals surface area contributed by atoms with Crippen molar-refractivity contribution in [2.75, 3.05) is 19.6 Å². The number of hydrogen-bond donors (Lipinski definition) is 4. The van der Waals surface area contributed by atoms with Crippen molar-refractivity contribution in [2.24, 2.45) is 16.5 Å². The van der Waals surface area contributed by atoms with Crippen molar-refractivity contribution in [2.45, 2.75) is 50.8 Å². The number of hydrogen-bond acceptors (Lipinski definition) is 5. The Morgan fingerprint density at radius 1 is 1.00 bits per heavy atom. The second kappa shape index (κ2) is 14.5. The highest BCUT2D eigenvalue weighted by atomic mass is 16.5. The SMILES string of the molecule is NC(N)=NCCCCNC(=O)[C@@H]1CCCN1C(=O)[C@H](Cc1ccccc1)NC(=O)OCc1ccccc1. The molecular weight excluding hydrogens is 472 g/mol. The van der Waals surface area contributed by atoms with Crippen LogP contribution < -0.4 is 22.1 Å². The first kappa shape index (κ1) is 27.5. The number of carbonyl (C=O) groups excluding carboxylic acids is 3. The molecule has 0 saturated carbocycles. The van der Waals surface area contributed by atoms with E-state index in [0.29, 0.717) is 38.9 Å². The molecule has 2 aromatic carbocycles. The van der Waals surface area contributed by atoms with Crippen LogP contribution in [0.1, 0.15) is 36.8 Å². The van der Waals surface area contributed by atoms with Crippen LogP contribution in [0.2, 0.25) is 0 Å². The minimum Gasteiger partial charge on any atom is -0.445 e. The molecule has 1 saturated heterocycles. The number of likely N-dealkylation sites (tertiary alicyclic amines) is 1. The summed E-state index contributed by atoms with van der Waals surface area (Å²) < 4.78 is 5.36. The number of nitrogens with two attached hydrogens (primary N) is 2. The van der Waals surface area contributed by atoms with E-state index in [4.69, 9.17) is 16.2 Å². The molecule has 1 aliphatic rings. The molecule has 10 nitrogen and oxygen atoms in total. The van der Waals surface area contributed by atoms with Crippen molar-refractivity contribution in [3.63, 3.8) is 0 Å². The number of nitrogens with one attached hydrogen (secondary N) is 2. The molecule has 1 heterocycles. The predicted molar refractivity (Wildman–Crippen MR) is 141 cm³/mol. The molecule has 0 spiro atoms. The summed E-state index contributed by atoms with van der Waals surface area (Å²) in [6.07, 6.45) is 2.34. The Morgan fingerprint density at radius 2 is 1.68 bits per heavy atom. The molecule has 2 atom stereocenters. The lowest BCUT2D eigenvalue weighted by molar-refractivity contribution is -0.139. The Labute approximate surface area is 217 Å². The average molecular weight is 509 g/mol. The van der Waals surface area contributed by atoms with Gasteiger partial charge in [-0.3, -0.25) is 14.6 Å². The Hall–Kier alpha value is -4.08. The molecule has 1 fully saturated rings. The number of nitrogens with zero attached hydrogens (tertiary/aromatic N) is 2. The standard InChI is InChI=1S/C27H36N6O4/c28-26(29)31-16-8-7-15-30-24(34)23-14-9-17-33(23)25(35)22(18-20-10-3-1-4-11-20)32-27(36)37-19-21-12-5-2-6-13-21/h1-6,10-13,22-23H,7-9,14-19H2,(H,30,34)(H,32,36)(H4,28,29,31)/t22-,23-/m0/s1. The number of ether oxygens (including phenoxy) is 1. The van der Waals surface area contributed by atoms with Crippen LogP contribution >= 0.6 is 0 Å². The first-order chi connectivity index (χ1) is 17.9. The maximum atomic E-state index is 13.6. The first-order valence-corrected chi connectivity index (χ1v) is 12.6. The van der Waals surface area contributed by atoms with Gasteiger partial charge in [0.05, 0.1) is 0 Å². The fourth-order valence-electron chi connectivity index (χ4n) is 4.23. The maximum absolute atomic E-state index is 13.6. The van der Waals surface area contributed by atoms with E-state index in [2.05, 4.69) is 15.6 Å². The van der Waals surface area contributed by atoms with Crippen molar-refractivity contribution in [3.8, 4) is 0 Å². The molecule has 2 aromatic rings. The molecule has 0 aromatic heterocycles. The van der Waals surface area contributed by atoms with E-state index in [1.807, 2.05) is 60.7 Å². The lowest BCUT2D eigenvalue weighted by Crippen LogP contribution is -2.54. The molecular formula is C27H36N6O4. The van der Waals surface area contributed by atoms with Gasteiger partial charge in [0.15, 0.2) is 5.96 Å². The number of rotatable bonds is 12. The Balaban J connectivity index is 1.60. The lowest BCUT2D eigenvalue weighted by Gasteiger charge is -2.28. The van der Waals surface area contributed by atoms with Crippen molar-refractivity contribution in [1.82, 2.24) is 15.5 Å². The molecule has 3 amide bonds. The zero-order valence-corrected chi connectivity index (χ0v) is 21.0. The Bertz CT molecular complexity index is 1040. The third-order valence-corrected chi connectivity index (χ3v) is 6.10. The number of guanidine groups is 1. The average Bonchev–Trinajstić information content (AvgIpc) is 3.40. The lowest BCUT2D eigenvalue weighted by atomic mass is 10.0. The summed E-state index contributed by atoms with van der Waals surface area (Å²) in [5.41, 5.74) is 12.4.